The minimum Gasteiger partial charge on any atom is -0.388 e. The van der Waals surface area contributed by atoms with Crippen LogP contribution in [0, 0.1) is 0 Å². The van der Waals surface area contributed by atoms with Gasteiger partial charge >= 0.3 is 0 Å². The molecule has 0 aromatic heterocycles. The highest BCUT2D eigenvalue weighted by molar-refractivity contribution is 4.91. The van der Waals surface area contributed by atoms with Gasteiger partial charge in [0.15, 0.2) is 12.1 Å². The van der Waals surface area contributed by atoms with Crippen molar-refractivity contribution in [1.82, 2.24) is 0 Å². The van der Waals surface area contributed by atoms with Crippen LogP contribution < -0.4 is 0 Å². The average Bonchev–Trinajstić information content (AvgIpc) is 2.42. The second-order valence-corrected chi connectivity index (χ2v) is 4.07. The van der Waals surface area contributed by atoms with E-state index in [0.717, 1.165) is 0 Å². The predicted molar refractivity (Wildman–Crippen MR) is 46.6 cm³/mol. The summed E-state index contributed by atoms with van der Waals surface area (Å²) in [5, 5.41) is 9.64. The highest BCUT2D eigenvalue weighted by Crippen LogP contribution is 2.35. The van der Waals surface area contributed by atoms with Crippen LogP contribution in [0.4, 0.5) is 0 Å². The maximum absolute atomic E-state index is 9.64. The van der Waals surface area contributed by atoms with Gasteiger partial charge < -0.3 is 24.1 Å². The van der Waals surface area contributed by atoms with Gasteiger partial charge in [-0.2, -0.15) is 0 Å². The van der Waals surface area contributed by atoms with Crippen LogP contribution in [-0.2, 0) is 18.9 Å². The van der Waals surface area contributed by atoms with Gasteiger partial charge in [0.1, 0.15) is 18.3 Å². The molecule has 0 aromatic rings. The van der Waals surface area contributed by atoms with Gasteiger partial charge in [-0.15, -0.1) is 0 Å². The van der Waals surface area contributed by atoms with E-state index in [2.05, 4.69) is 0 Å². The number of hydrogen-bond donors (Lipinski definition) is 1. The number of fused-ring (bicyclic) bond motifs is 1. The Bertz CT molecular complexity index is 217. The third-order valence-corrected chi connectivity index (χ3v) is 2.47. The highest BCUT2D eigenvalue weighted by atomic mass is 16.8. The summed E-state index contributed by atoms with van der Waals surface area (Å²) < 4.78 is 21.5. The standard InChI is InChI=1S/C9H16O5/c1-9(2)13-6-5(10)4-12-8(11-3)7(6)14-9/h5-8,10H,4H2,1-3H3/t5-,6+,7+,8+/m0/s1. The first-order chi connectivity index (χ1) is 6.53. The molecule has 0 radical (unpaired) electrons. The van der Waals surface area contributed by atoms with Crippen molar-refractivity contribution in [3.05, 3.63) is 0 Å². The van der Waals surface area contributed by atoms with Gasteiger partial charge in [0.2, 0.25) is 0 Å². The summed E-state index contributed by atoms with van der Waals surface area (Å²) in [4.78, 5) is 0. The SMILES string of the molecule is CO[C@@H]1OC[C@H](O)[C@H]2OC(C)(C)O[C@@H]12. The third-order valence-electron chi connectivity index (χ3n) is 2.47. The fourth-order valence-electron chi connectivity index (χ4n) is 1.91. The van der Waals surface area contributed by atoms with Crippen molar-refractivity contribution in [2.24, 2.45) is 0 Å². The van der Waals surface area contributed by atoms with Gasteiger partial charge in [-0.05, 0) is 13.8 Å². The minimum absolute atomic E-state index is 0.221. The molecule has 5 nitrogen and oxygen atoms in total. The first kappa shape index (κ1) is 10.3. The summed E-state index contributed by atoms with van der Waals surface area (Å²) in [6, 6.07) is 0. The Labute approximate surface area is 82.9 Å². The van der Waals surface area contributed by atoms with E-state index >= 15 is 0 Å². The summed E-state index contributed by atoms with van der Waals surface area (Å²) >= 11 is 0. The molecule has 5 heteroatoms. The summed E-state index contributed by atoms with van der Waals surface area (Å²) in [5.41, 5.74) is 0. The molecule has 4 atom stereocenters. The zero-order valence-corrected chi connectivity index (χ0v) is 8.60. The van der Waals surface area contributed by atoms with Crippen molar-refractivity contribution in [2.45, 2.75) is 44.2 Å². The second kappa shape index (κ2) is 3.43. The van der Waals surface area contributed by atoms with Gasteiger partial charge in [0, 0.05) is 7.11 Å². The first-order valence-electron chi connectivity index (χ1n) is 4.71. The number of methoxy groups -OCH3 is 1. The van der Waals surface area contributed by atoms with E-state index in [1.165, 1.54) is 0 Å². The van der Waals surface area contributed by atoms with Crippen molar-refractivity contribution < 1.29 is 24.1 Å². The molecule has 2 rings (SSSR count). The third kappa shape index (κ3) is 1.66. The molecular weight excluding hydrogens is 188 g/mol. The van der Waals surface area contributed by atoms with Crippen LogP contribution in [-0.4, -0.2) is 49.2 Å². The fourth-order valence-corrected chi connectivity index (χ4v) is 1.91. The Kier molecular flexibility index (Phi) is 2.53. The first-order valence-corrected chi connectivity index (χ1v) is 4.71. The van der Waals surface area contributed by atoms with Crippen LogP contribution in [0.15, 0.2) is 0 Å². The van der Waals surface area contributed by atoms with E-state index in [0.29, 0.717) is 0 Å². The van der Waals surface area contributed by atoms with Crippen molar-refractivity contribution in [3.63, 3.8) is 0 Å². The van der Waals surface area contributed by atoms with E-state index in [-0.39, 0.29) is 18.8 Å². The fraction of sp³-hybridized carbons (Fsp3) is 1.00. The summed E-state index contributed by atoms with van der Waals surface area (Å²) in [5.74, 6) is -0.680. The molecule has 2 saturated heterocycles. The molecule has 2 aliphatic heterocycles. The van der Waals surface area contributed by atoms with Gasteiger partial charge in [-0.3, -0.25) is 0 Å². The Morgan fingerprint density at radius 3 is 2.57 bits per heavy atom. The van der Waals surface area contributed by atoms with E-state index in [1.54, 1.807) is 7.11 Å². The molecule has 82 valence electrons. The summed E-state index contributed by atoms with van der Waals surface area (Å²) in [6.07, 6.45) is -1.80. The number of aliphatic hydroxyl groups excluding tert-OH is 1. The minimum atomic E-state index is -0.680. The molecule has 0 spiro atoms. The number of aliphatic hydroxyl groups is 1. The van der Waals surface area contributed by atoms with Crippen LogP contribution in [0.1, 0.15) is 13.8 Å². The summed E-state index contributed by atoms with van der Waals surface area (Å²) in [6.45, 7) is 3.84. The van der Waals surface area contributed by atoms with E-state index < -0.39 is 18.2 Å². The maximum atomic E-state index is 9.64. The van der Waals surface area contributed by atoms with Crippen LogP contribution in [0.25, 0.3) is 0 Å². The van der Waals surface area contributed by atoms with Crippen molar-refractivity contribution in [1.29, 1.82) is 0 Å². The zero-order valence-electron chi connectivity index (χ0n) is 8.60. The second-order valence-electron chi connectivity index (χ2n) is 4.07. The molecule has 2 aliphatic rings. The molecule has 0 aromatic carbocycles. The summed E-state index contributed by atoms with van der Waals surface area (Å²) in [7, 11) is 1.55. The zero-order chi connectivity index (χ0) is 10.3. The monoisotopic (exact) mass is 204 g/mol. The Morgan fingerprint density at radius 2 is 1.93 bits per heavy atom. The lowest BCUT2D eigenvalue weighted by molar-refractivity contribution is -0.237. The smallest absolute Gasteiger partial charge is 0.186 e. The molecule has 0 aliphatic carbocycles. The average molecular weight is 204 g/mol. The van der Waals surface area contributed by atoms with E-state index in [1.807, 2.05) is 13.8 Å². The molecular formula is C9H16O5. The van der Waals surface area contributed by atoms with Crippen LogP contribution >= 0.6 is 0 Å². The predicted octanol–water partition coefficient (Wildman–Crippen LogP) is -0.130. The van der Waals surface area contributed by atoms with Crippen molar-refractivity contribution >= 4 is 0 Å². The van der Waals surface area contributed by atoms with Gasteiger partial charge in [0.05, 0.1) is 6.61 Å². The van der Waals surface area contributed by atoms with Gasteiger partial charge in [0.25, 0.3) is 0 Å². The molecule has 0 saturated carbocycles. The van der Waals surface area contributed by atoms with E-state index in [4.69, 9.17) is 18.9 Å². The number of rotatable bonds is 1. The Morgan fingerprint density at radius 1 is 1.29 bits per heavy atom. The quantitative estimate of drug-likeness (QED) is 0.644. The molecule has 2 heterocycles. The van der Waals surface area contributed by atoms with Crippen LogP contribution in [0.2, 0.25) is 0 Å². The molecule has 14 heavy (non-hydrogen) atoms. The molecule has 2 fully saturated rings. The Hall–Kier alpha value is -0.200. The maximum Gasteiger partial charge on any atom is 0.186 e. The highest BCUT2D eigenvalue weighted by Gasteiger charge is 2.51. The molecule has 0 amide bonds. The van der Waals surface area contributed by atoms with Crippen LogP contribution in [0.5, 0.6) is 0 Å². The number of ether oxygens (including phenoxy) is 4. The lowest BCUT2D eigenvalue weighted by atomic mass is 10.1. The lowest BCUT2D eigenvalue weighted by Crippen LogP contribution is -2.51. The molecule has 0 unspecified atom stereocenters. The Balaban J connectivity index is 2.14. The number of hydrogen-bond acceptors (Lipinski definition) is 5. The van der Waals surface area contributed by atoms with Crippen LogP contribution in [0.3, 0.4) is 0 Å². The van der Waals surface area contributed by atoms with Gasteiger partial charge in [-0.1, -0.05) is 0 Å². The molecule has 1 N–H and O–H groups in total. The lowest BCUT2D eigenvalue weighted by Gasteiger charge is -2.33. The normalized spacial score (nSPS) is 46.3. The molecule has 0 bridgehead atoms. The van der Waals surface area contributed by atoms with Crippen molar-refractivity contribution in [2.75, 3.05) is 13.7 Å². The largest absolute Gasteiger partial charge is 0.388 e. The van der Waals surface area contributed by atoms with Crippen molar-refractivity contribution in [3.8, 4) is 0 Å². The van der Waals surface area contributed by atoms with Gasteiger partial charge in [-0.25, -0.2) is 0 Å². The topological polar surface area (TPSA) is 57.2 Å². The van der Waals surface area contributed by atoms with E-state index in [9.17, 15) is 5.11 Å².